The quantitative estimate of drug-likeness (QED) is 0.702. The van der Waals surface area contributed by atoms with E-state index in [1.807, 2.05) is 28.7 Å². The van der Waals surface area contributed by atoms with Crippen LogP contribution in [0.2, 0.25) is 0 Å². The summed E-state index contributed by atoms with van der Waals surface area (Å²) in [5.41, 5.74) is 5.71. The minimum Gasteiger partial charge on any atom is -0.494 e. The molecule has 8 heteroatoms. The van der Waals surface area contributed by atoms with E-state index < -0.39 is 0 Å². The molecule has 0 aromatic carbocycles. The number of fused-ring (bicyclic) bond motifs is 2. The van der Waals surface area contributed by atoms with E-state index in [2.05, 4.69) is 27.5 Å². The predicted molar refractivity (Wildman–Crippen MR) is 123 cm³/mol. The number of nitrogens with zero attached hydrogens (tertiary/aromatic N) is 4. The van der Waals surface area contributed by atoms with Gasteiger partial charge in [0.25, 0.3) is 0 Å². The molecule has 0 bridgehead atoms. The van der Waals surface area contributed by atoms with Gasteiger partial charge in [0.15, 0.2) is 5.88 Å². The molecule has 1 atom stereocenters. The third-order valence-electron chi connectivity index (χ3n) is 7.09. The summed E-state index contributed by atoms with van der Waals surface area (Å²) >= 11 is 0. The molecule has 1 unspecified atom stereocenters. The number of carbonyl (C=O) groups excluding carboxylic acids is 2. The van der Waals surface area contributed by atoms with Crippen molar-refractivity contribution in [2.75, 3.05) is 19.6 Å². The molecule has 0 saturated carbocycles. The molecule has 0 radical (unpaired) electrons. The number of aromatic nitrogens is 1. The zero-order valence-electron chi connectivity index (χ0n) is 18.8. The number of allylic oxidation sites excluding steroid dienone is 2. The first kappa shape index (κ1) is 20.8. The Kier molecular flexibility index (Phi) is 5.04. The fourth-order valence-electron chi connectivity index (χ4n) is 5.52. The van der Waals surface area contributed by atoms with E-state index in [4.69, 9.17) is 0 Å². The maximum Gasteiger partial charge on any atom is 0.243 e. The third kappa shape index (κ3) is 3.30. The van der Waals surface area contributed by atoms with Crippen LogP contribution in [0.4, 0.5) is 0 Å². The van der Waals surface area contributed by atoms with E-state index in [0.29, 0.717) is 18.3 Å². The molecule has 1 aromatic heterocycles. The average molecular weight is 436 g/mol. The van der Waals surface area contributed by atoms with Crippen molar-refractivity contribution in [2.24, 2.45) is 12.0 Å². The zero-order chi connectivity index (χ0) is 22.6. The van der Waals surface area contributed by atoms with Crippen molar-refractivity contribution in [2.45, 2.75) is 45.3 Å². The van der Waals surface area contributed by atoms with Gasteiger partial charge in [-0.15, -0.1) is 0 Å². The molecule has 5 rings (SSSR count). The molecule has 168 valence electrons. The summed E-state index contributed by atoms with van der Waals surface area (Å²) in [5.74, 6) is 0.127. The number of hydrogen-bond donors (Lipinski definition) is 2. The predicted octanol–water partition coefficient (Wildman–Crippen LogP) is 1.81. The summed E-state index contributed by atoms with van der Waals surface area (Å²) in [6.45, 7) is 5.99. The molecule has 2 N–H and O–H groups in total. The highest BCUT2D eigenvalue weighted by Crippen LogP contribution is 2.46. The highest BCUT2D eigenvalue weighted by atomic mass is 16.3. The van der Waals surface area contributed by atoms with Gasteiger partial charge in [-0.3, -0.25) is 14.5 Å². The molecule has 0 spiro atoms. The summed E-state index contributed by atoms with van der Waals surface area (Å²) < 4.78 is 1.85. The fourth-order valence-corrected chi connectivity index (χ4v) is 5.52. The van der Waals surface area contributed by atoms with Gasteiger partial charge in [0.2, 0.25) is 11.8 Å². The summed E-state index contributed by atoms with van der Waals surface area (Å²) in [6.07, 6.45) is 9.82. The lowest BCUT2D eigenvalue weighted by Crippen LogP contribution is -2.50. The Labute approximate surface area is 187 Å². The Hall–Kier alpha value is -3.13. The van der Waals surface area contributed by atoms with E-state index in [0.717, 1.165) is 60.4 Å². The number of likely N-dealkylation sites (tertiary alicyclic amines) is 1. The lowest BCUT2D eigenvalue weighted by molar-refractivity contribution is -0.130. The van der Waals surface area contributed by atoms with Crippen LogP contribution in [0.5, 0.6) is 5.88 Å². The molecule has 1 aromatic rings. The Balaban J connectivity index is 1.61. The second-order valence-corrected chi connectivity index (χ2v) is 9.00. The summed E-state index contributed by atoms with van der Waals surface area (Å²) in [6, 6.07) is 0.264. The van der Waals surface area contributed by atoms with Crippen LogP contribution in [-0.4, -0.2) is 68.7 Å². The molecule has 1 aliphatic carbocycles. The fraction of sp³-hybridized carbons (Fsp3) is 0.458. The third-order valence-corrected chi connectivity index (χ3v) is 7.09. The summed E-state index contributed by atoms with van der Waals surface area (Å²) in [4.78, 5) is 32.0. The zero-order valence-corrected chi connectivity index (χ0v) is 18.8. The number of rotatable bonds is 1. The Morgan fingerprint density at radius 2 is 1.94 bits per heavy atom. The normalized spacial score (nSPS) is 24.3. The monoisotopic (exact) mass is 435 g/mol. The van der Waals surface area contributed by atoms with Crippen LogP contribution in [-0.2, 0) is 23.2 Å². The molecule has 2 amide bonds. The smallest absolute Gasteiger partial charge is 0.243 e. The highest BCUT2D eigenvalue weighted by Gasteiger charge is 2.40. The summed E-state index contributed by atoms with van der Waals surface area (Å²) in [7, 11) is 1.89. The number of carbonyl (C=O) groups is 2. The molecule has 1 fully saturated rings. The first-order valence-corrected chi connectivity index (χ1v) is 11.2. The number of amides is 2. The van der Waals surface area contributed by atoms with Gasteiger partial charge in [-0.2, -0.15) is 0 Å². The first-order valence-electron chi connectivity index (χ1n) is 11.2. The van der Waals surface area contributed by atoms with Gasteiger partial charge in [0.1, 0.15) is 0 Å². The molecule has 4 heterocycles. The van der Waals surface area contributed by atoms with Crippen molar-refractivity contribution < 1.29 is 14.7 Å². The van der Waals surface area contributed by atoms with Crippen molar-refractivity contribution in [3.63, 3.8) is 0 Å². The van der Waals surface area contributed by atoms with Gasteiger partial charge in [-0.1, -0.05) is 6.08 Å². The lowest BCUT2D eigenvalue weighted by Gasteiger charge is -2.42. The molecule has 1 saturated heterocycles. The van der Waals surface area contributed by atoms with E-state index >= 15 is 0 Å². The molecular formula is C24H29N5O3. The molecule has 32 heavy (non-hydrogen) atoms. The Bertz CT molecular complexity index is 1120. The van der Waals surface area contributed by atoms with Crippen LogP contribution in [0.15, 0.2) is 29.4 Å². The number of aromatic hydroxyl groups is 1. The summed E-state index contributed by atoms with van der Waals surface area (Å²) in [5, 5.41) is 14.5. The minimum atomic E-state index is -0.244. The molecular weight excluding hydrogens is 406 g/mol. The second-order valence-electron chi connectivity index (χ2n) is 9.00. The van der Waals surface area contributed by atoms with Crippen LogP contribution < -0.4 is 5.32 Å². The van der Waals surface area contributed by atoms with Crippen LogP contribution >= 0.6 is 0 Å². The molecule has 4 aliphatic rings. The molecule has 8 nitrogen and oxygen atoms in total. The van der Waals surface area contributed by atoms with E-state index in [1.165, 1.54) is 6.92 Å². The number of aliphatic imine (C=N–C) groups is 1. The van der Waals surface area contributed by atoms with Crippen molar-refractivity contribution in [1.82, 2.24) is 19.7 Å². The van der Waals surface area contributed by atoms with Crippen molar-refractivity contribution in [1.29, 1.82) is 0 Å². The van der Waals surface area contributed by atoms with Crippen LogP contribution in [0.25, 0.3) is 11.1 Å². The Morgan fingerprint density at radius 1 is 1.19 bits per heavy atom. The highest BCUT2D eigenvalue weighted by molar-refractivity contribution is 6.15. The van der Waals surface area contributed by atoms with Gasteiger partial charge < -0.3 is 19.9 Å². The molecule has 3 aliphatic heterocycles. The van der Waals surface area contributed by atoms with E-state index in [1.54, 1.807) is 6.92 Å². The topological polar surface area (TPSA) is 90.2 Å². The average Bonchev–Trinajstić information content (AvgIpc) is 2.94. The SMILES string of the molecule is CC(=O)N=C1C=CC2C(=C1)c1c3c(n(C)c1O)CNC=C3CN2C1CCN(C(C)=O)CC1. The lowest BCUT2D eigenvalue weighted by atomic mass is 9.89. The van der Waals surface area contributed by atoms with Gasteiger partial charge in [0.05, 0.1) is 18.3 Å². The number of hydrogen-bond acceptors (Lipinski definition) is 5. The first-order chi connectivity index (χ1) is 15.3. The van der Waals surface area contributed by atoms with Gasteiger partial charge in [0, 0.05) is 69.6 Å². The second kappa shape index (κ2) is 7.78. The van der Waals surface area contributed by atoms with Crippen molar-refractivity contribution in [3.05, 3.63) is 41.2 Å². The van der Waals surface area contributed by atoms with Crippen LogP contribution in [0.3, 0.4) is 0 Å². The van der Waals surface area contributed by atoms with E-state index in [-0.39, 0.29) is 23.7 Å². The van der Waals surface area contributed by atoms with Crippen molar-refractivity contribution in [3.8, 4) is 5.88 Å². The maximum atomic E-state index is 11.8. The van der Waals surface area contributed by atoms with Gasteiger partial charge in [-0.25, -0.2) is 4.99 Å². The maximum absolute atomic E-state index is 11.8. The standard InChI is InChI=1S/C24H29N5O3/c1-14(30)26-17-4-5-20-19(10-17)23-22-16(11-25-12-21(22)27(3)24(23)32)13-29(20)18-6-8-28(9-7-18)15(2)31/h4-5,10-11,18,20,25,32H,6-9,12-13H2,1-3H3. The minimum absolute atomic E-state index is 0.0429. The number of piperidine rings is 1. The largest absolute Gasteiger partial charge is 0.494 e. The van der Waals surface area contributed by atoms with Crippen LogP contribution in [0, 0.1) is 0 Å². The van der Waals surface area contributed by atoms with Crippen LogP contribution in [0.1, 0.15) is 43.5 Å². The Morgan fingerprint density at radius 3 is 2.62 bits per heavy atom. The number of nitrogens with one attached hydrogen (secondary N) is 1. The van der Waals surface area contributed by atoms with E-state index in [9.17, 15) is 14.7 Å². The van der Waals surface area contributed by atoms with Crippen molar-refractivity contribution >= 4 is 28.7 Å². The van der Waals surface area contributed by atoms with Gasteiger partial charge >= 0.3 is 0 Å². The van der Waals surface area contributed by atoms with Gasteiger partial charge in [-0.05, 0) is 36.1 Å².